The number of hydrogen-bond donors (Lipinski definition) is 2. The maximum absolute atomic E-state index is 13.6. The van der Waals surface area contributed by atoms with Crippen LogP contribution in [0, 0.1) is 0 Å². The van der Waals surface area contributed by atoms with Crippen molar-refractivity contribution < 1.29 is 23.4 Å². The largest absolute Gasteiger partial charge is 0.490 e. The molecule has 0 aromatic heterocycles. The first kappa shape index (κ1) is 21.2. The highest BCUT2D eigenvalue weighted by atomic mass is 35.5. The van der Waals surface area contributed by atoms with Crippen molar-refractivity contribution in [1.82, 2.24) is 0 Å². The number of rotatable bonds is 8. The lowest BCUT2D eigenvalue weighted by atomic mass is 10.0. The molecule has 0 saturated carbocycles. The molecule has 0 spiro atoms. The molecule has 2 aromatic carbocycles. The number of aliphatic hydroxyl groups is 1. The van der Waals surface area contributed by atoms with Crippen LogP contribution in [0.5, 0.6) is 11.5 Å². The van der Waals surface area contributed by atoms with Gasteiger partial charge in [0.15, 0.2) is 11.5 Å². The second kappa shape index (κ2) is 9.56. The quantitative estimate of drug-likeness (QED) is 0.740. The molecule has 0 unspecified atom stereocenters. The number of hydrogen-bond acceptors (Lipinski definition) is 4. The third kappa shape index (κ3) is 5.56. The summed E-state index contributed by atoms with van der Waals surface area (Å²) in [6, 6.07) is 12.4. The van der Waals surface area contributed by atoms with Crippen LogP contribution in [0.2, 0.25) is 0 Å². The molecule has 25 heavy (non-hydrogen) atoms. The molecule has 3 N–H and O–H groups in total. The maximum Gasteiger partial charge on any atom is 0.289 e. The van der Waals surface area contributed by atoms with Gasteiger partial charge >= 0.3 is 0 Å². The van der Waals surface area contributed by atoms with Crippen LogP contribution in [0.15, 0.2) is 48.5 Å². The molecule has 0 fully saturated rings. The van der Waals surface area contributed by atoms with Gasteiger partial charge in [0, 0.05) is 0 Å². The van der Waals surface area contributed by atoms with Crippen molar-refractivity contribution >= 4 is 12.4 Å². The van der Waals surface area contributed by atoms with E-state index in [9.17, 15) is 8.78 Å². The fraction of sp³-hybridized carbons (Fsp3) is 0.333. The van der Waals surface area contributed by atoms with Crippen LogP contribution in [0.4, 0.5) is 8.78 Å². The maximum atomic E-state index is 13.6. The monoisotopic (exact) mass is 373 g/mol. The second-order valence-electron chi connectivity index (χ2n) is 5.31. The molecule has 0 amide bonds. The Morgan fingerprint density at radius 1 is 1.08 bits per heavy atom. The van der Waals surface area contributed by atoms with Gasteiger partial charge in [0.25, 0.3) is 5.92 Å². The molecule has 2 aromatic rings. The van der Waals surface area contributed by atoms with Crippen molar-refractivity contribution in [3.8, 4) is 11.5 Å². The van der Waals surface area contributed by atoms with Crippen LogP contribution in [-0.2, 0) is 6.61 Å². The fourth-order valence-electron chi connectivity index (χ4n) is 2.18. The predicted molar refractivity (Wildman–Crippen MR) is 94.6 cm³/mol. The minimum Gasteiger partial charge on any atom is -0.490 e. The topological polar surface area (TPSA) is 64.7 Å². The van der Waals surface area contributed by atoms with Crippen molar-refractivity contribution in [1.29, 1.82) is 0 Å². The predicted octanol–water partition coefficient (Wildman–Crippen LogP) is 3.71. The van der Waals surface area contributed by atoms with Crippen molar-refractivity contribution in [3.05, 3.63) is 59.7 Å². The van der Waals surface area contributed by atoms with E-state index in [0.29, 0.717) is 24.7 Å². The zero-order valence-electron chi connectivity index (χ0n) is 13.8. The summed E-state index contributed by atoms with van der Waals surface area (Å²) in [4.78, 5) is 0. The minimum atomic E-state index is -3.41. The summed E-state index contributed by atoms with van der Waals surface area (Å²) in [5.41, 5.74) is 6.71. The number of nitrogens with two attached hydrogens (primary N) is 1. The highest BCUT2D eigenvalue weighted by Crippen LogP contribution is 2.35. The average Bonchev–Trinajstić information content (AvgIpc) is 2.61. The highest BCUT2D eigenvalue weighted by molar-refractivity contribution is 5.85. The Morgan fingerprint density at radius 3 is 2.36 bits per heavy atom. The lowest BCUT2D eigenvalue weighted by Gasteiger charge is -2.23. The molecule has 0 saturated heterocycles. The number of halogens is 3. The van der Waals surface area contributed by atoms with Crippen LogP contribution < -0.4 is 15.2 Å². The first-order valence-electron chi connectivity index (χ1n) is 7.65. The number of alkyl halides is 2. The van der Waals surface area contributed by atoms with Gasteiger partial charge in [0.2, 0.25) is 0 Å². The molecule has 4 nitrogen and oxygen atoms in total. The van der Waals surface area contributed by atoms with Gasteiger partial charge in [-0.3, -0.25) is 0 Å². The molecule has 0 aliphatic heterocycles. The van der Waals surface area contributed by atoms with E-state index < -0.39 is 18.6 Å². The van der Waals surface area contributed by atoms with E-state index in [1.54, 1.807) is 13.0 Å². The molecule has 0 aliphatic rings. The molecule has 2 rings (SSSR count). The standard InChI is InChI=1S/C18H21F2NO3.ClH/c1-2-23-16-10-14(17(21)18(19,20)12-22)8-9-15(16)24-11-13-6-4-3-5-7-13;/h3-10,17,22H,2,11-12,21H2,1H3;1H/t17-;/m0./s1. The number of benzene rings is 2. The zero-order chi connectivity index (χ0) is 17.6. The molecule has 0 radical (unpaired) electrons. The molecule has 0 aliphatic carbocycles. The summed E-state index contributed by atoms with van der Waals surface area (Å²) >= 11 is 0. The number of ether oxygens (including phenoxy) is 2. The Labute approximate surface area is 152 Å². The summed E-state index contributed by atoms with van der Waals surface area (Å²) in [7, 11) is 0. The van der Waals surface area contributed by atoms with Gasteiger partial charge in [-0.05, 0) is 30.2 Å². The van der Waals surface area contributed by atoms with Gasteiger partial charge in [-0.25, -0.2) is 8.78 Å². The lowest BCUT2D eigenvalue weighted by molar-refractivity contribution is -0.0712. The SMILES string of the molecule is CCOc1cc([C@H](N)C(F)(F)CO)ccc1OCc1ccccc1.Cl. The van der Waals surface area contributed by atoms with E-state index in [4.69, 9.17) is 20.3 Å². The van der Waals surface area contributed by atoms with Crippen molar-refractivity contribution in [2.24, 2.45) is 5.73 Å². The van der Waals surface area contributed by atoms with Crippen molar-refractivity contribution in [3.63, 3.8) is 0 Å². The first-order valence-corrected chi connectivity index (χ1v) is 7.65. The fourth-order valence-corrected chi connectivity index (χ4v) is 2.18. The molecule has 0 heterocycles. The Morgan fingerprint density at radius 2 is 1.76 bits per heavy atom. The third-order valence-corrected chi connectivity index (χ3v) is 3.53. The Hall–Kier alpha value is -1.89. The van der Waals surface area contributed by atoms with E-state index in [1.807, 2.05) is 30.3 Å². The van der Waals surface area contributed by atoms with Crippen LogP contribution in [0.3, 0.4) is 0 Å². The molecule has 138 valence electrons. The first-order chi connectivity index (χ1) is 11.5. The van der Waals surface area contributed by atoms with E-state index in [1.165, 1.54) is 12.1 Å². The summed E-state index contributed by atoms with van der Waals surface area (Å²) in [5, 5.41) is 8.78. The van der Waals surface area contributed by atoms with Crippen LogP contribution in [-0.4, -0.2) is 24.2 Å². The summed E-state index contributed by atoms with van der Waals surface area (Å²) in [5.74, 6) is -2.62. The molecule has 7 heteroatoms. The van der Waals surface area contributed by atoms with Crippen molar-refractivity contribution in [2.75, 3.05) is 13.2 Å². The third-order valence-electron chi connectivity index (χ3n) is 3.53. The second-order valence-corrected chi connectivity index (χ2v) is 5.31. The van der Waals surface area contributed by atoms with Gasteiger partial charge < -0.3 is 20.3 Å². The van der Waals surface area contributed by atoms with Crippen LogP contribution in [0.1, 0.15) is 24.1 Å². The molecular formula is C18H22ClF2NO3. The Balaban J connectivity index is 0.00000312. The molecular weight excluding hydrogens is 352 g/mol. The minimum absolute atomic E-state index is 0. The van der Waals surface area contributed by atoms with E-state index in [2.05, 4.69) is 0 Å². The van der Waals surface area contributed by atoms with Crippen LogP contribution >= 0.6 is 12.4 Å². The number of aliphatic hydroxyl groups excluding tert-OH is 1. The van der Waals surface area contributed by atoms with E-state index in [0.717, 1.165) is 5.56 Å². The van der Waals surface area contributed by atoms with Gasteiger partial charge in [0.05, 0.1) is 12.6 Å². The molecule has 0 bridgehead atoms. The average molecular weight is 374 g/mol. The van der Waals surface area contributed by atoms with E-state index in [-0.39, 0.29) is 18.0 Å². The Kier molecular flexibility index (Phi) is 8.09. The van der Waals surface area contributed by atoms with Crippen molar-refractivity contribution in [2.45, 2.75) is 25.5 Å². The summed E-state index contributed by atoms with van der Waals surface area (Å²) in [6.07, 6.45) is 0. The smallest absolute Gasteiger partial charge is 0.289 e. The highest BCUT2D eigenvalue weighted by Gasteiger charge is 2.37. The van der Waals surface area contributed by atoms with Gasteiger partial charge in [-0.1, -0.05) is 36.4 Å². The lowest BCUT2D eigenvalue weighted by Crippen LogP contribution is -2.36. The van der Waals surface area contributed by atoms with E-state index >= 15 is 0 Å². The zero-order valence-corrected chi connectivity index (χ0v) is 14.6. The Bertz CT molecular complexity index is 656. The summed E-state index contributed by atoms with van der Waals surface area (Å²) < 4.78 is 38.3. The van der Waals surface area contributed by atoms with Crippen LogP contribution in [0.25, 0.3) is 0 Å². The summed E-state index contributed by atoms with van der Waals surface area (Å²) in [6.45, 7) is 1.16. The van der Waals surface area contributed by atoms with Gasteiger partial charge in [-0.15, -0.1) is 12.4 Å². The molecule has 1 atom stereocenters. The van der Waals surface area contributed by atoms with Gasteiger partial charge in [-0.2, -0.15) is 0 Å². The normalized spacial score (nSPS) is 12.2. The van der Waals surface area contributed by atoms with Gasteiger partial charge in [0.1, 0.15) is 13.2 Å².